The summed E-state index contributed by atoms with van der Waals surface area (Å²) in [6.45, 7) is 2.40. The molecule has 0 spiro atoms. The highest BCUT2D eigenvalue weighted by atomic mass is 19.3. The number of methoxy groups -OCH3 is 1. The second kappa shape index (κ2) is 18.9. The molecule has 2 saturated heterocycles. The van der Waals surface area contributed by atoms with E-state index in [1.54, 1.807) is 24.5 Å². The summed E-state index contributed by atoms with van der Waals surface area (Å²) < 4.78 is 53.3. The lowest BCUT2D eigenvalue weighted by Crippen LogP contribution is -2.54. The molecule has 1 saturated carbocycles. The van der Waals surface area contributed by atoms with E-state index in [2.05, 4.69) is 41.1 Å². The van der Waals surface area contributed by atoms with Crippen LogP contribution in [0.25, 0.3) is 0 Å². The van der Waals surface area contributed by atoms with Gasteiger partial charge in [0, 0.05) is 63.1 Å². The third-order valence-electron chi connectivity index (χ3n) is 13.3. The van der Waals surface area contributed by atoms with E-state index in [4.69, 9.17) is 4.74 Å². The van der Waals surface area contributed by atoms with Gasteiger partial charge in [0.2, 0.25) is 17.8 Å². The molecular weight excluding hydrogens is 890 g/mol. The lowest BCUT2D eigenvalue weighted by atomic mass is 10.0. The van der Waals surface area contributed by atoms with Gasteiger partial charge in [-0.25, -0.2) is 14.4 Å². The number of hydrogen-bond acceptors (Lipinski definition) is 14. The Labute approximate surface area is 388 Å². The lowest BCUT2D eigenvalue weighted by molar-refractivity contribution is -0.140. The number of benzene rings is 2. The molecule has 19 nitrogen and oxygen atoms in total. The van der Waals surface area contributed by atoms with Crippen LogP contribution in [0.5, 0.6) is 5.75 Å². The fourth-order valence-corrected chi connectivity index (χ4v) is 9.73. The first-order valence-corrected chi connectivity index (χ1v) is 22.8. The van der Waals surface area contributed by atoms with Crippen LogP contribution in [0, 0.1) is 5.82 Å². The number of imidazole rings is 1. The Balaban J connectivity index is 0.747. The van der Waals surface area contributed by atoms with E-state index in [-0.39, 0.29) is 77.1 Å². The number of amides is 6. The largest absolute Gasteiger partial charge is 0.495 e. The molecule has 1 unspecified atom stereocenters. The average Bonchev–Trinajstić information content (AvgIpc) is 4.08. The average molecular weight is 941 g/mol. The first kappa shape index (κ1) is 46.0. The highest BCUT2D eigenvalue weighted by molar-refractivity contribution is 6.25. The molecule has 5 aliphatic rings. The number of likely N-dealkylation sites (tertiary alicyclic amines) is 1. The molecular formula is C46H51F3N12O7. The second-order valence-corrected chi connectivity index (χ2v) is 17.8. The van der Waals surface area contributed by atoms with Crippen molar-refractivity contribution in [1.82, 2.24) is 40.0 Å². The van der Waals surface area contributed by atoms with Crippen molar-refractivity contribution in [3.8, 4) is 5.75 Å². The van der Waals surface area contributed by atoms with Crippen molar-refractivity contribution in [2.45, 2.75) is 94.9 Å². The minimum Gasteiger partial charge on any atom is -0.495 e. The Morgan fingerprint density at radius 3 is 2.50 bits per heavy atom. The SMILES string of the molecule is COc1cc(C(=O)NC2CCN(CCCn3cnc(CNc4cccc5c4C(=O)N(C4CCC(=O)NC4=O)C5=O)c3)CC2)c(F)cc1Nc1ncc2c(n1)N(C1CCCC1)CC(F)(F)C(=O)N2C. The van der Waals surface area contributed by atoms with E-state index < -0.39 is 59.8 Å². The van der Waals surface area contributed by atoms with Gasteiger partial charge in [-0.1, -0.05) is 18.9 Å². The lowest BCUT2D eigenvalue weighted by Gasteiger charge is -2.32. The maximum atomic E-state index is 15.7. The summed E-state index contributed by atoms with van der Waals surface area (Å²) in [6, 6.07) is 5.81. The summed E-state index contributed by atoms with van der Waals surface area (Å²) in [6.07, 6.45) is 10.3. The number of aromatic nitrogens is 4. The highest BCUT2D eigenvalue weighted by Gasteiger charge is 2.49. The fourth-order valence-electron chi connectivity index (χ4n) is 9.73. The van der Waals surface area contributed by atoms with Gasteiger partial charge in [-0.05, 0) is 63.3 Å². The first-order chi connectivity index (χ1) is 32.7. The summed E-state index contributed by atoms with van der Waals surface area (Å²) in [7, 11) is 2.63. The van der Waals surface area contributed by atoms with Crippen LogP contribution in [-0.2, 0) is 27.5 Å². The minimum atomic E-state index is -3.64. The van der Waals surface area contributed by atoms with Crippen LogP contribution in [0.15, 0.2) is 49.1 Å². The van der Waals surface area contributed by atoms with Crippen molar-refractivity contribution in [3.05, 3.63) is 77.3 Å². The zero-order valence-corrected chi connectivity index (χ0v) is 37.5. The third kappa shape index (κ3) is 9.15. The van der Waals surface area contributed by atoms with Crippen LogP contribution < -0.4 is 35.8 Å². The molecule has 2 aromatic carbocycles. The van der Waals surface area contributed by atoms with Gasteiger partial charge >= 0.3 is 5.92 Å². The Morgan fingerprint density at radius 1 is 0.971 bits per heavy atom. The van der Waals surface area contributed by atoms with Crippen molar-refractivity contribution in [2.75, 3.05) is 60.8 Å². The van der Waals surface area contributed by atoms with Crippen LogP contribution in [0.4, 0.5) is 42.0 Å². The molecule has 22 heteroatoms. The first-order valence-electron chi connectivity index (χ1n) is 22.8. The van der Waals surface area contributed by atoms with E-state index in [1.165, 1.54) is 31.3 Å². The summed E-state index contributed by atoms with van der Waals surface area (Å²) in [5.74, 6) is -8.41. The molecule has 3 fully saturated rings. The number of hydrogen-bond donors (Lipinski definition) is 4. The van der Waals surface area contributed by atoms with Crippen LogP contribution in [0.1, 0.15) is 94.6 Å². The molecule has 4 aromatic rings. The smallest absolute Gasteiger partial charge is 0.342 e. The number of alkyl halides is 2. The zero-order chi connectivity index (χ0) is 47.9. The van der Waals surface area contributed by atoms with Crippen molar-refractivity contribution in [3.63, 3.8) is 0 Å². The van der Waals surface area contributed by atoms with Gasteiger partial charge in [0.25, 0.3) is 23.6 Å². The number of anilines is 5. The number of halogens is 3. The Bertz CT molecular complexity index is 2670. The molecule has 4 N–H and O–H groups in total. The highest BCUT2D eigenvalue weighted by Crippen LogP contribution is 2.40. The van der Waals surface area contributed by atoms with Crippen molar-refractivity contribution >= 4 is 64.3 Å². The number of piperidine rings is 2. The van der Waals surface area contributed by atoms with Crippen LogP contribution in [0.3, 0.4) is 0 Å². The van der Waals surface area contributed by atoms with Gasteiger partial charge in [-0.15, -0.1) is 0 Å². The van der Waals surface area contributed by atoms with E-state index in [9.17, 15) is 28.8 Å². The number of ether oxygens (including phenoxy) is 1. The topological polar surface area (TPSA) is 216 Å². The van der Waals surface area contributed by atoms with Crippen molar-refractivity contribution < 1.29 is 46.7 Å². The second-order valence-electron chi connectivity index (χ2n) is 17.8. The number of carbonyl (C=O) groups is 6. The third-order valence-corrected chi connectivity index (χ3v) is 13.3. The number of nitrogens with one attached hydrogen (secondary N) is 4. The number of rotatable bonds is 14. The molecule has 1 aliphatic carbocycles. The number of nitrogens with zero attached hydrogens (tertiary/aromatic N) is 8. The predicted octanol–water partition coefficient (Wildman–Crippen LogP) is 4.22. The monoisotopic (exact) mass is 940 g/mol. The normalized spacial score (nSPS) is 20.0. The summed E-state index contributed by atoms with van der Waals surface area (Å²) in [5.41, 5.74) is 1.55. The predicted molar refractivity (Wildman–Crippen MR) is 240 cm³/mol. The van der Waals surface area contributed by atoms with Gasteiger partial charge in [-0.2, -0.15) is 13.8 Å². The maximum Gasteiger partial charge on any atom is 0.342 e. The number of carbonyl (C=O) groups excluding carboxylic acids is 6. The van der Waals surface area contributed by atoms with Gasteiger partial charge < -0.3 is 40.0 Å². The minimum absolute atomic E-state index is 0.0305. The summed E-state index contributed by atoms with van der Waals surface area (Å²) >= 11 is 0. The number of imide groups is 2. The maximum absolute atomic E-state index is 15.7. The van der Waals surface area contributed by atoms with Crippen LogP contribution >= 0.6 is 0 Å². The standard InChI is InChI=1S/C46H51F3N12O7/c1-57-35-22-51-45(56-39(35)60(28-7-3-4-8-28)24-46(48,49)44(57)67)54-33-20-31(47)30(19-36(33)68-2)40(63)53-26-13-17-58(18-14-26)15-6-16-59-23-27(52-25-59)21-50-32-10-5-9-29-38(32)43(66)61(42(29)65)34-11-12-37(62)55-41(34)64/h5,9-10,19-20,22-23,25-26,28,34,50H,3-4,6-8,11-18,21,24H2,1-2H3,(H,53,63)(H,51,54,56)(H,55,62,64). The molecule has 2 aromatic heterocycles. The molecule has 9 rings (SSSR count). The van der Waals surface area contributed by atoms with Crippen molar-refractivity contribution in [2.24, 2.45) is 0 Å². The summed E-state index contributed by atoms with van der Waals surface area (Å²) in [4.78, 5) is 95.7. The molecule has 6 amide bonds. The molecule has 68 heavy (non-hydrogen) atoms. The number of aryl methyl sites for hydroxylation is 1. The number of fused-ring (bicyclic) bond motifs is 2. The quantitative estimate of drug-likeness (QED) is 0.130. The Hall–Kier alpha value is -7.10. The van der Waals surface area contributed by atoms with E-state index >= 15 is 13.2 Å². The van der Waals surface area contributed by atoms with Gasteiger partial charge in [0.15, 0.2) is 5.82 Å². The Morgan fingerprint density at radius 2 is 1.75 bits per heavy atom. The van der Waals surface area contributed by atoms with E-state index in [1.807, 2.05) is 10.8 Å². The van der Waals surface area contributed by atoms with E-state index in [0.29, 0.717) is 43.6 Å². The van der Waals surface area contributed by atoms with Crippen LogP contribution in [0.2, 0.25) is 0 Å². The molecule has 358 valence electrons. The fraction of sp³-hybridized carbons (Fsp3) is 0.457. The van der Waals surface area contributed by atoms with Gasteiger partial charge in [0.05, 0.1) is 60.8 Å². The zero-order valence-electron chi connectivity index (χ0n) is 37.5. The molecule has 6 heterocycles. The Kier molecular flexibility index (Phi) is 12.8. The summed E-state index contributed by atoms with van der Waals surface area (Å²) in [5, 5.41) is 11.3. The molecule has 4 aliphatic heterocycles. The van der Waals surface area contributed by atoms with E-state index in [0.717, 1.165) is 54.8 Å². The molecule has 1 atom stereocenters. The van der Waals surface area contributed by atoms with Crippen LogP contribution in [-0.4, -0.2) is 129 Å². The molecule has 0 radical (unpaired) electrons. The van der Waals surface area contributed by atoms with Gasteiger partial charge in [0.1, 0.15) is 23.3 Å². The molecule has 0 bridgehead atoms. The van der Waals surface area contributed by atoms with Gasteiger partial charge in [-0.3, -0.25) is 39.0 Å². The van der Waals surface area contributed by atoms with Crippen molar-refractivity contribution in [1.29, 1.82) is 0 Å².